The predicted octanol–water partition coefficient (Wildman–Crippen LogP) is 1.79. The van der Waals surface area contributed by atoms with E-state index in [-0.39, 0.29) is 11.6 Å². The van der Waals surface area contributed by atoms with E-state index < -0.39 is 4.92 Å². The third-order valence-electron chi connectivity index (χ3n) is 5.86. The lowest BCUT2D eigenvalue weighted by Gasteiger charge is -2.43. The molecule has 1 aromatic carbocycles. The highest BCUT2D eigenvalue weighted by Crippen LogP contribution is 2.35. The second-order valence-corrected chi connectivity index (χ2v) is 7.57. The van der Waals surface area contributed by atoms with Crippen molar-refractivity contribution in [3.8, 4) is 0 Å². The van der Waals surface area contributed by atoms with Crippen LogP contribution in [-0.4, -0.2) is 80.0 Å². The van der Waals surface area contributed by atoms with E-state index in [1.165, 1.54) is 24.0 Å². The fraction of sp³-hybridized carbons (Fsp3) is 0.632. The number of nitro groups is 1. The van der Waals surface area contributed by atoms with Crippen molar-refractivity contribution in [2.24, 2.45) is 0 Å². The molecule has 3 rings (SSSR count). The maximum atomic E-state index is 11.9. The minimum absolute atomic E-state index is 0.00849. The first-order chi connectivity index (χ1) is 12.9. The smallest absolute Gasteiger partial charge is 0.271 e. The van der Waals surface area contributed by atoms with E-state index >= 15 is 0 Å². The quantitative estimate of drug-likeness (QED) is 0.590. The number of nitro benzene ring substituents is 1. The molecule has 0 N–H and O–H groups in total. The van der Waals surface area contributed by atoms with Gasteiger partial charge in [-0.2, -0.15) is 0 Å². The van der Waals surface area contributed by atoms with Crippen LogP contribution >= 0.6 is 0 Å². The number of benzene rings is 1. The first-order valence-electron chi connectivity index (χ1n) is 9.57. The van der Waals surface area contributed by atoms with Gasteiger partial charge in [-0.15, -0.1) is 0 Å². The summed E-state index contributed by atoms with van der Waals surface area (Å²) in [6.45, 7) is 7.75. The Morgan fingerprint density at radius 2 is 1.78 bits per heavy atom. The second kappa shape index (κ2) is 8.22. The molecule has 0 unspecified atom stereocenters. The molecule has 0 saturated carbocycles. The number of anilines is 2. The molecule has 2 saturated heterocycles. The van der Waals surface area contributed by atoms with Crippen molar-refractivity contribution in [3.05, 3.63) is 28.3 Å². The summed E-state index contributed by atoms with van der Waals surface area (Å²) in [7, 11) is 3.84. The van der Waals surface area contributed by atoms with Gasteiger partial charge in [-0.3, -0.25) is 19.8 Å². The number of piperazine rings is 1. The Balaban J connectivity index is 1.73. The van der Waals surface area contributed by atoms with Crippen molar-refractivity contribution in [1.82, 2.24) is 9.80 Å². The van der Waals surface area contributed by atoms with Crippen LogP contribution in [0.25, 0.3) is 0 Å². The molecule has 2 aliphatic rings. The monoisotopic (exact) mass is 375 g/mol. The van der Waals surface area contributed by atoms with Gasteiger partial charge < -0.3 is 14.7 Å². The average Bonchev–Trinajstić information content (AvgIpc) is 2.67. The molecule has 0 bridgehead atoms. The highest BCUT2D eigenvalue weighted by atomic mass is 16.6. The van der Waals surface area contributed by atoms with Crippen LogP contribution in [0.2, 0.25) is 0 Å². The molecule has 2 heterocycles. The summed E-state index contributed by atoms with van der Waals surface area (Å²) in [5, 5.41) is 11.2. The Hall–Kier alpha value is -2.19. The zero-order chi connectivity index (χ0) is 19.6. The molecule has 148 valence electrons. The summed E-state index contributed by atoms with van der Waals surface area (Å²) in [6.07, 6.45) is 2.15. The van der Waals surface area contributed by atoms with Crippen LogP contribution < -0.4 is 9.80 Å². The zero-order valence-corrected chi connectivity index (χ0v) is 16.4. The number of rotatable bonds is 4. The van der Waals surface area contributed by atoms with Gasteiger partial charge in [-0.05, 0) is 26.0 Å². The largest absolute Gasteiger partial charge is 0.370 e. The lowest BCUT2D eigenvalue weighted by molar-refractivity contribution is -0.384. The Morgan fingerprint density at radius 3 is 2.33 bits per heavy atom. The van der Waals surface area contributed by atoms with Gasteiger partial charge >= 0.3 is 0 Å². The number of carbonyl (C=O) groups is 1. The summed E-state index contributed by atoms with van der Waals surface area (Å²) in [5.41, 5.74) is 1.51. The van der Waals surface area contributed by atoms with E-state index in [4.69, 9.17) is 0 Å². The van der Waals surface area contributed by atoms with Gasteiger partial charge in [0, 0.05) is 71.4 Å². The summed E-state index contributed by atoms with van der Waals surface area (Å²) in [4.78, 5) is 31.3. The van der Waals surface area contributed by atoms with Crippen LogP contribution in [0.15, 0.2) is 18.2 Å². The van der Waals surface area contributed by atoms with Crippen LogP contribution in [0, 0.1) is 10.1 Å². The molecular formula is C19H29N5O3. The van der Waals surface area contributed by atoms with E-state index in [9.17, 15) is 14.9 Å². The first-order valence-corrected chi connectivity index (χ1v) is 9.57. The summed E-state index contributed by atoms with van der Waals surface area (Å²) in [6, 6.07) is 5.41. The van der Waals surface area contributed by atoms with Gasteiger partial charge in [0.05, 0.1) is 16.3 Å². The number of carbonyl (C=O) groups excluding carboxylic acids is 1. The highest BCUT2D eigenvalue weighted by Gasteiger charge is 2.28. The minimum Gasteiger partial charge on any atom is -0.370 e. The van der Waals surface area contributed by atoms with Gasteiger partial charge in [0.1, 0.15) is 0 Å². The van der Waals surface area contributed by atoms with Crippen molar-refractivity contribution in [3.63, 3.8) is 0 Å². The predicted molar refractivity (Wildman–Crippen MR) is 106 cm³/mol. The van der Waals surface area contributed by atoms with E-state index in [1.807, 2.05) is 0 Å². The molecular weight excluding hydrogens is 346 g/mol. The van der Waals surface area contributed by atoms with Gasteiger partial charge in [0.25, 0.3) is 5.69 Å². The third-order valence-corrected chi connectivity index (χ3v) is 5.86. The molecule has 0 radical (unpaired) electrons. The Morgan fingerprint density at radius 1 is 1.15 bits per heavy atom. The minimum atomic E-state index is -0.416. The molecule has 1 amide bonds. The Labute approximate surface area is 160 Å². The number of piperidine rings is 1. The number of amides is 1. The maximum absolute atomic E-state index is 11.9. The summed E-state index contributed by atoms with van der Waals surface area (Å²) >= 11 is 0. The summed E-state index contributed by atoms with van der Waals surface area (Å²) in [5.74, 6) is -0.135. The molecule has 2 fully saturated rings. The molecule has 8 nitrogen and oxygen atoms in total. The van der Waals surface area contributed by atoms with Crippen molar-refractivity contribution in [2.75, 3.05) is 63.2 Å². The molecule has 27 heavy (non-hydrogen) atoms. The van der Waals surface area contributed by atoms with Gasteiger partial charge in [0.2, 0.25) is 5.91 Å². The Kier molecular flexibility index (Phi) is 5.96. The average molecular weight is 375 g/mol. The highest BCUT2D eigenvalue weighted by molar-refractivity contribution is 5.95. The van der Waals surface area contributed by atoms with Crippen molar-refractivity contribution < 1.29 is 9.72 Å². The van der Waals surface area contributed by atoms with E-state index in [0.29, 0.717) is 11.7 Å². The van der Waals surface area contributed by atoms with E-state index in [0.717, 1.165) is 57.8 Å². The number of hydrogen-bond acceptors (Lipinski definition) is 6. The fourth-order valence-corrected chi connectivity index (χ4v) is 3.99. The lowest BCUT2D eigenvalue weighted by atomic mass is 10.0. The SMILES string of the molecule is CC(=O)N(C)c1cc([N+](=O)[O-])ccc1N1CCC(N2CCN(C)CC2)CC1. The fourth-order valence-electron chi connectivity index (χ4n) is 3.99. The van der Waals surface area contributed by atoms with E-state index in [2.05, 4.69) is 21.7 Å². The van der Waals surface area contributed by atoms with Gasteiger partial charge in [-0.1, -0.05) is 0 Å². The van der Waals surface area contributed by atoms with Crippen molar-refractivity contribution in [2.45, 2.75) is 25.8 Å². The molecule has 1 aromatic rings. The number of hydrogen-bond donors (Lipinski definition) is 0. The van der Waals surface area contributed by atoms with Crippen LogP contribution in [0.5, 0.6) is 0 Å². The van der Waals surface area contributed by atoms with Crippen LogP contribution in [-0.2, 0) is 4.79 Å². The number of likely N-dealkylation sites (N-methyl/N-ethyl adjacent to an activating group) is 1. The van der Waals surface area contributed by atoms with Crippen molar-refractivity contribution >= 4 is 23.0 Å². The standard InChI is InChI=1S/C19H29N5O3/c1-15(25)21(3)19-14-17(24(26)27)4-5-18(19)23-8-6-16(7-9-23)22-12-10-20(2)11-13-22/h4-5,14,16H,6-13H2,1-3H3. The molecule has 8 heteroatoms. The van der Waals surface area contributed by atoms with E-state index in [1.54, 1.807) is 13.1 Å². The molecule has 0 aliphatic carbocycles. The van der Waals surface area contributed by atoms with Crippen LogP contribution in [0.4, 0.5) is 17.1 Å². The molecule has 0 spiro atoms. The normalized spacial score (nSPS) is 19.9. The zero-order valence-electron chi connectivity index (χ0n) is 16.4. The molecule has 0 aromatic heterocycles. The topological polar surface area (TPSA) is 73.2 Å². The summed E-state index contributed by atoms with van der Waals surface area (Å²) < 4.78 is 0. The first kappa shape index (κ1) is 19.6. The van der Waals surface area contributed by atoms with Crippen LogP contribution in [0.3, 0.4) is 0 Å². The molecule has 2 aliphatic heterocycles. The third kappa shape index (κ3) is 4.39. The lowest BCUT2D eigenvalue weighted by Crippen LogP contribution is -2.52. The maximum Gasteiger partial charge on any atom is 0.271 e. The van der Waals surface area contributed by atoms with Crippen LogP contribution in [0.1, 0.15) is 19.8 Å². The van der Waals surface area contributed by atoms with Gasteiger partial charge in [-0.25, -0.2) is 0 Å². The Bertz CT molecular complexity index is 695. The van der Waals surface area contributed by atoms with Crippen molar-refractivity contribution in [1.29, 1.82) is 0 Å². The number of non-ortho nitro benzene ring substituents is 1. The second-order valence-electron chi connectivity index (χ2n) is 7.57. The number of nitrogens with zero attached hydrogens (tertiary/aromatic N) is 5. The molecule has 0 atom stereocenters. The van der Waals surface area contributed by atoms with Gasteiger partial charge in [0.15, 0.2) is 0 Å².